The van der Waals surface area contributed by atoms with Crippen molar-refractivity contribution >= 4 is 51.4 Å². The topological polar surface area (TPSA) is 143 Å². The van der Waals surface area contributed by atoms with Crippen molar-refractivity contribution in [2.75, 3.05) is 36.5 Å². The van der Waals surface area contributed by atoms with Crippen LogP contribution in [0.5, 0.6) is 5.75 Å². The van der Waals surface area contributed by atoms with E-state index in [-0.39, 0.29) is 28.0 Å². The van der Waals surface area contributed by atoms with Crippen LogP contribution in [0.2, 0.25) is 0 Å². The lowest BCUT2D eigenvalue weighted by Gasteiger charge is -2.28. The molecule has 0 radical (unpaired) electrons. The van der Waals surface area contributed by atoms with Gasteiger partial charge in [-0.1, -0.05) is 13.0 Å². The molecule has 1 aromatic heterocycles. The number of nitro benzene ring substituents is 1. The number of anilines is 2. The molecule has 0 saturated carbocycles. The zero-order chi connectivity index (χ0) is 28.4. The number of phenolic OH excluding ortho intramolecular Hbond substituents is 1. The molecule has 12 heteroatoms. The first kappa shape index (κ1) is 27.0. The molecule has 3 aromatic carbocycles. The van der Waals surface area contributed by atoms with E-state index in [2.05, 4.69) is 22.5 Å². The smallest absolute Gasteiger partial charge is 0.293 e. The summed E-state index contributed by atoms with van der Waals surface area (Å²) in [7, 11) is 0. The summed E-state index contributed by atoms with van der Waals surface area (Å²) in [5.41, 5.74) is 4.14. The summed E-state index contributed by atoms with van der Waals surface area (Å²) >= 11 is 5.34. The second kappa shape index (κ2) is 11.3. The van der Waals surface area contributed by atoms with E-state index >= 15 is 0 Å². The van der Waals surface area contributed by atoms with Gasteiger partial charge in [0.2, 0.25) is 5.89 Å². The fourth-order valence-corrected chi connectivity index (χ4v) is 4.75. The minimum absolute atomic E-state index is 0.00967. The van der Waals surface area contributed by atoms with E-state index in [4.69, 9.17) is 21.4 Å². The Bertz CT molecular complexity index is 1630. The number of nitrogens with zero attached hydrogens (tertiary/aromatic N) is 3. The first-order valence-corrected chi connectivity index (χ1v) is 13.1. The fourth-order valence-electron chi connectivity index (χ4n) is 4.54. The van der Waals surface area contributed by atoms with Crippen molar-refractivity contribution in [1.29, 1.82) is 0 Å². The van der Waals surface area contributed by atoms with Crippen molar-refractivity contribution in [3.05, 3.63) is 75.3 Å². The maximum absolute atomic E-state index is 12.9. The number of ether oxygens (including phenoxy) is 1. The molecule has 4 aromatic rings. The molecule has 0 spiro atoms. The lowest BCUT2D eigenvalue weighted by molar-refractivity contribution is -0.384. The molecule has 1 amide bonds. The van der Waals surface area contributed by atoms with E-state index in [1.807, 2.05) is 23.1 Å². The molecule has 2 heterocycles. The maximum Gasteiger partial charge on any atom is 0.293 e. The summed E-state index contributed by atoms with van der Waals surface area (Å²) in [6.07, 6.45) is 0.858. The first-order chi connectivity index (χ1) is 19.2. The van der Waals surface area contributed by atoms with Crippen molar-refractivity contribution in [3.63, 3.8) is 0 Å². The van der Waals surface area contributed by atoms with E-state index < -0.39 is 10.8 Å². The normalized spacial score (nSPS) is 13.3. The second-order valence-electron chi connectivity index (χ2n) is 9.33. The predicted molar refractivity (Wildman–Crippen MR) is 155 cm³/mol. The Morgan fingerprint density at radius 3 is 2.67 bits per heavy atom. The summed E-state index contributed by atoms with van der Waals surface area (Å²) in [6, 6.07) is 13.4. The number of fused-ring (bicyclic) bond motifs is 1. The number of phenols is 1. The van der Waals surface area contributed by atoms with E-state index in [1.54, 1.807) is 25.1 Å². The van der Waals surface area contributed by atoms with Crippen LogP contribution in [0.15, 0.2) is 52.9 Å². The highest BCUT2D eigenvalue weighted by atomic mass is 32.1. The van der Waals surface area contributed by atoms with Crippen LogP contribution in [0.1, 0.15) is 28.4 Å². The second-order valence-corrected chi connectivity index (χ2v) is 9.74. The number of thiocarbonyl (C=S) groups is 1. The van der Waals surface area contributed by atoms with Crippen molar-refractivity contribution < 1.29 is 24.0 Å². The van der Waals surface area contributed by atoms with Crippen LogP contribution in [0.25, 0.3) is 22.6 Å². The average molecular weight is 562 g/mol. The van der Waals surface area contributed by atoms with E-state index in [0.29, 0.717) is 59.9 Å². The van der Waals surface area contributed by atoms with Gasteiger partial charge < -0.3 is 24.5 Å². The number of oxazole rings is 1. The molecule has 5 rings (SSSR count). The van der Waals surface area contributed by atoms with Crippen molar-refractivity contribution in [2.45, 2.75) is 20.3 Å². The molecule has 0 aliphatic carbocycles. The number of aromatic hydroxyl groups is 1. The van der Waals surface area contributed by atoms with Crippen molar-refractivity contribution in [3.8, 4) is 17.2 Å². The Morgan fingerprint density at radius 1 is 1.18 bits per heavy atom. The Hall–Kier alpha value is -4.55. The van der Waals surface area contributed by atoms with E-state index in [0.717, 1.165) is 12.0 Å². The molecule has 206 valence electrons. The number of amides is 1. The molecule has 0 atom stereocenters. The molecule has 3 N–H and O–H groups in total. The van der Waals surface area contributed by atoms with Gasteiger partial charge in [0.1, 0.15) is 17.0 Å². The summed E-state index contributed by atoms with van der Waals surface area (Å²) in [5, 5.41) is 27.9. The number of carbonyl (C=O) groups is 1. The maximum atomic E-state index is 12.9. The number of hydrogen-bond donors (Lipinski definition) is 3. The van der Waals surface area contributed by atoms with Gasteiger partial charge in [-0.2, -0.15) is 0 Å². The zero-order valence-corrected chi connectivity index (χ0v) is 22.7. The summed E-state index contributed by atoms with van der Waals surface area (Å²) in [6.45, 7) is 5.78. The minimum Gasteiger partial charge on any atom is -0.507 e. The molecule has 1 aliphatic heterocycles. The van der Waals surface area contributed by atoms with Gasteiger partial charge in [0.15, 0.2) is 10.7 Å². The van der Waals surface area contributed by atoms with E-state index in [1.165, 1.54) is 12.1 Å². The number of nitrogens with one attached hydrogen (secondary N) is 2. The zero-order valence-electron chi connectivity index (χ0n) is 21.9. The molecule has 1 aliphatic rings. The van der Waals surface area contributed by atoms with E-state index in [9.17, 15) is 20.0 Å². The van der Waals surface area contributed by atoms with Crippen LogP contribution in [0, 0.1) is 17.0 Å². The summed E-state index contributed by atoms with van der Waals surface area (Å²) in [5.74, 6) is -0.346. The largest absolute Gasteiger partial charge is 0.507 e. The van der Waals surface area contributed by atoms with Gasteiger partial charge in [-0.3, -0.25) is 20.2 Å². The highest BCUT2D eigenvalue weighted by Crippen LogP contribution is 2.36. The Morgan fingerprint density at radius 2 is 1.95 bits per heavy atom. The van der Waals surface area contributed by atoms with Crippen LogP contribution in [0.4, 0.5) is 17.1 Å². The van der Waals surface area contributed by atoms with Crippen LogP contribution in [-0.4, -0.2) is 52.3 Å². The Balaban J connectivity index is 1.34. The van der Waals surface area contributed by atoms with Gasteiger partial charge in [0.05, 0.1) is 23.7 Å². The lowest BCUT2D eigenvalue weighted by atomic mass is 10.1. The van der Waals surface area contributed by atoms with Crippen LogP contribution >= 0.6 is 12.2 Å². The molecule has 1 saturated heterocycles. The number of benzene rings is 3. The van der Waals surface area contributed by atoms with Crippen LogP contribution < -0.4 is 15.5 Å². The van der Waals surface area contributed by atoms with Gasteiger partial charge in [-0.05, 0) is 73.1 Å². The number of aromatic nitrogens is 1. The van der Waals surface area contributed by atoms with Crippen molar-refractivity contribution in [1.82, 2.24) is 10.3 Å². The molecule has 1 fully saturated rings. The fraction of sp³-hybridized carbons (Fsp3) is 0.250. The van der Waals surface area contributed by atoms with Gasteiger partial charge in [-0.15, -0.1) is 0 Å². The average Bonchev–Trinajstić information content (AvgIpc) is 3.38. The molecule has 40 heavy (non-hydrogen) atoms. The standard InChI is InChI=1S/C28H27N5O6S/c1-3-17-4-7-24-21(13-17)30-27(39-24)20-15-19(12-16(2)25(20)34)29-28(40)31-26(35)18-5-6-22(23(14-18)33(36)37)32-8-10-38-11-9-32/h4-7,12-15,34H,3,8-11H2,1-2H3,(H2,29,31,35,40). The quantitative estimate of drug-likeness (QED) is 0.128. The number of rotatable bonds is 6. The number of nitro groups is 1. The van der Waals surface area contributed by atoms with Gasteiger partial charge >= 0.3 is 0 Å². The monoisotopic (exact) mass is 561 g/mol. The lowest BCUT2D eigenvalue weighted by Crippen LogP contribution is -2.37. The third kappa shape index (κ3) is 5.58. The van der Waals surface area contributed by atoms with Crippen LogP contribution in [0.3, 0.4) is 0 Å². The van der Waals surface area contributed by atoms with Crippen LogP contribution in [-0.2, 0) is 11.2 Å². The SMILES string of the molecule is CCc1ccc2oc(-c3cc(NC(=S)NC(=O)c4ccc(N5CCOCC5)c([N+](=O)[O-])c4)cc(C)c3O)nc2c1. The number of carbonyl (C=O) groups excluding carboxylic acids is 1. The van der Waals surface area contributed by atoms with Crippen molar-refractivity contribution in [2.24, 2.45) is 0 Å². The first-order valence-electron chi connectivity index (χ1n) is 12.7. The highest BCUT2D eigenvalue weighted by Gasteiger charge is 2.24. The third-order valence-corrected chi connectivity index (χ3v) is 6.87. The Labute approximate surface area is 234 Å². The Kier molecular flexibility index (Phi) is 7.63. The third-order valence-electron chi connectivity index (χ3n) is 6.66. The molecule has 0 bridgehead atoms. The number of aryl methyl sites for hydroxylation is 2. The molecule has 0 unspecified atom stereocenters. The summed E-state index contributed by atoms with van der Waals surface area (Å²) < 4.78 is 11.2. The number of morpholine rings is 1. The highest BCUT2D eigenvalue weighted by molar-refractivity contribution is 7.80. The van der Waals surface area contributed by atoms with Gasteiger partial charge in [0, 0.05) is 30.4 Å². The molecule has 11 nitrogen and oxygen atoms in total. The van der Waals surface area contributed by atoms with Gasteiger partial charge in [0.25, 0.3) is 11.6 Å². The summed E-state index contributed by atoms with van der Waals surface area (Å²) in [4.78, 5) is 30.6. The minimum atomic E-state index is -0.601. The number of hydrogen-bond acceptors (Lipinski definition) is 9. The molecular formula is C28H27N5O6S. The molecular weight excluding hydrogens is 534 g/mol. The van der Waals surface area contributed by atoms with Gasteiger partial charge in [-0.25, -0.2) is 4.98 Å². The predicted octanol–water partition coefficient (Wildman–Crippen LogP) is 4.94.